The average Bonchev–Trinajstić information content (AvgIpc) is 2.99. The number of fused-ring (bicyclic) bond motifs is 1. The summed E-state index contributed by atoms with van der Waals surface area (Å²) in [6.07, 6.45) is 1.34. The topological polar surface area (TPSA) is 68.2 Å². The Kier molecular flexibility index (Phi) is 5.44. The summed E-state index contributed by atoms with van der Waals surface area (Å²) in [6.45, 7) is 6.17. The van der Waals surface area contributed by atoms with Gasteiger partial charge < -0.3 is 4.57 Å². The zero-order chi connectivity index (χ0) is 22.6. The van der Waals surface area contributed by atoms with Gasteiger partial charge in [0, 0.05) is 34.7 Å². The molecular formula is C23H22Cl2N2O3S. The monoisotopic (exact) mass is 476 g/mol. The van der Waals surface area contributed by atoms with Crippen LogP contribution in [-0.4, -0.2) is 18.8 Å². The second-order valence-electron chi connectivity index (χ2n) is 8.65. The van der Waals surface area contributed by atoms with Crippen molar-refractivity contribution in [2.75, 3.05) is 4.72 Å². The molecule has 1 heterocycles. The fourth-order valence-electron chi connectivity index (χ4n) is 4.05. The molecule has 0 spiro atoms. The van der Waals surface area contributed by atoms with E-state index in [1.807, 2.05) is 25.1 Å². The van der Waals surface area contributed by atoms with Crippen molar-refractivity contribution in [2.24, 2.45) is 5.41 Å². The van der Waals surface area contributed by atoms with Crippen LogP contribution in [0.1, 0.15) is 42.0 Å². The fourth-order valence-corrected chi connectivity index (χ4v) is 5.49. The number of benzene rings is 2. The number of aryl methyl sites for hydroxylation is 1. The minimum Gasteiger partial charge on any atom is -0.317 e. The number of aromatic nitrogens is 1. The van der Waals surface area contributed by atoms with Gasteiger partial charge in [0.1, 0.15) is 0 Å². The Bertz CT molecular complexity index is 1290. The maximum absolute atomic E-state index is 12.7. The van der Waals surface area contributed by atoms with Gasteiger partial charge in [0.25, 0.3) is 10.0 Å². The SMILES string of the molecule is Cc1cc2c(n1-c1ccc(NS(=O)(=O)c3ccc(Cl)c(Cl)c3)cc1)CC(C)(C)CC2=O. The molecular weight excluding hydrogens is 455 g/mol. The van der Waals surface area contributed by atoms with Crippen molar-refractivity contribution in [3.63, 3.8) is 0 Å². The lowest BCUT2D eigenvalue weighted by Crippen LogP contribution is -2.27. The van der Waals surface area contributed by atoms with E-state index in [2.05, 4.69) is 23.1 Å². The number of anilines is 1. The van der Waals surface area contributed by atoms with Crippen molar-refractivity contribution in [1.29, 1.82) is 0 Å². The predicted molar refractivity (Wildman–Crippen MR) is 124 cm³/mol. The first-order chi connectivity index (χ1) is 14.5. The van der Waals surface area contributed by atoms with Gasteiger partial charge in [-0.05, 0) is 67.3 Å². The van der Waals surface area contributed by atoms with Crippen molar-refractivity contribution < 1.29 is 13.2 Å². The van der Waals surface area contributed by atoms with Gasteiger partial charge in [0.15, 0.2) is 5.78 Å². The first-order valence-corrected chi connectivity index (χ1v) is 12.0. The molecule has 8 heteroatoms. The summed E-state index contributed by atoms with van der Waals surface area (Å²) in [5.74, 6) is 0.166. The maximum Gasteiger partial charge on any atom is 0.261 e. The van der Waals surface area contributed by atoms with Crippen LogP contribution < -0.4 is 4.72 Å². The van der Waals surface area contributed by atoms with Crippen LogP contribution in [0.4, 0.5) is 5.69 Å². The number of ketones is 1. The lowest BCUT2D eigenvalue weighted by molar-refractivity contribution is 0.0911. The molecule has 0 aliphatic heterocycles. The standard InChI is InChI=1S/C23H22Cl2N2O3S/c1-14-10-18-21(12-23(2,3)13-22(18)28)27(14)16-6-4-15(5-7-16)26-31(29,30)17-8-9-19(24)20(25)11-17/h4-11,26H,12-13H2,1-3H3. The molecule has 0 saturated carbocycles. The third kappa shape index (κ3) is 4.25. The molecule has 0 radical (unpaired) electrons. The summed E-state index contributed by atoms with van der Waals surface area (Å²) in [5, 5.41) is 0.460. The van der Waals surface area contributed by atoms with Crippen molar-refractivity contribution >= 4 is 44.7 Å². The third-order valence-corrected chi connectivity index (χ3v) is 7.57. The van der Waals surface area contributed by atoms with Gasteiger partial charge >= 0.3 is 0 Å². The molecule has 2 aromatic carbocycles. The van der Waals surface area contributed by atoms with E-state index in [1.165, 1.54) is 18.2 Å². The summed E-state index contributed by atoms with van der Waals surface area (Å²) < 4.78 is 30.0. The molecule has 0 atom stereocenters. The maximum atomic E-state index is 12.7. The fraction of sp³-hybridized carbons (Fsp3) is 0.261. The number of halogens is 2. The smallest absolute Gasteiger partial charge is 0.261 e. The Morgan fingerprint density at radius 2 is 1.65 bits per heavy atom. The van der Waals surface area contributed by atoms with Crippen LogP contribution in [0.3, 0.4) is 0 Å². The molecule has 31 heavy (non-hydrogen) atoms. The zero-order valence-corrected chi connectivity index (χ0v) is 19.7. The average molecular weight is 477 g/mol. The predicted octanol–water partition coefficient (Wildman–Crippen LogP) is 6.05. The molecule has 1 N–H and O–H groups in total. The largest absolute Gasteiger partial charge is 0.317 e. The lowest BCUT2D eigenvalue weighted by atomic mass is 9.76. The van der Waals surface area contributed by atoms with Crippen LogP contribution >= 0.6 is 23.2 Å². The van der Waals surface area contributed by atoms with Crippen LogP contribution in [0.2, 0.25) is 10.0 Å². The molecule has 162 valence electrons. The summed E-state index contributed by atoms with van der Waals surface area (Å²) in [7, 11) is -3.81. The molecule has 1 aromatic heterocycles. The van der Waals surface area contributed by atoms with E-state index in [-0.39, 0.29) is 26.1 Å². The number of nitrogens with one attached hydrogen (secondary N) is 1. The van der Waals surface area contributed by atoms with Gasteiger partial charge in [-0.3, -0.25) is 9.52 Å². The highest BCUT2D eigenvalue weighted by atomic mass is 35.5. The van der Waals surface area contributed by atoms with Crippen LogP contribution in [0.15, 0.2) is 53.4 Å². The Hall–Kier alpha value is -2.28. The van der Waals surface area contributed by atoms with Crippen LogP contribution in [0.5, 0.6) is 0 Å². The highest BCUT2D eigenvalue weighted by Gasteiger charge is 2.34. The van der Waals surface area contributed by atoms with Crippen molar-refractivity contribution in [2.45, 2.75) is 38.5 Å². The minimum atomic E-state index is -3.81. The van der Waals surface area contributed by atoms with E-state index < -0.39 is 10.0 Å². The van der Waals surface area contributed by atoms with Crippen LogP contribution in [0, 0.1) is 12.3 Å². The number of nitrogens with zero attached hydrogens (tertiary/aromatic N) is 1. The van der Waals surface area contributed by atoms with Gasteiger partial charge in [-0.15, -0.1) is 0 Å². The zero-order valence-electron chi connectivity index (χ0n) is 17.4. The second kappa shape index (κ2) is 7.69. The summed E-state index contributed by atoms with van der Waals surface area (Å²) in [4.78, 5) is 12.6. The second-order valence-corrected chi connectivity index (χ2v) is 11.1. The number of carbonyl (C=O) groups is 1. The first-order valence-electron chi connectivity index (χ1n) is 9.80. The summed E-state index contributed by atoms with van der Waals surface area (Å²) >= 11 is 11.8. The van der Waals surface area contributed by atoms with Gasteiger partial charge in [0.05, 0.1) is 14.9 Å². The number of carbonyl (C=O) groups excluding carboxylic acids is 1. The molecule has 0 saturated heterocycles. The van der Waals surface area contributed by atoms with E-state index in [0.717, 1.165) is 29.1 Å². The molecule has 0 bridgehead atoms. The van der Waals surface area contributed by atoms with E-state index in [1.54, 1.807) is 12.1 Å². The van der Waals surface area contributed by atoms with Gasteiger partial charge in [-0.2, -0.15) is 0 Å². The van der Waals surface area contributed by atoms with E-state index in [4.69, 9.17) is 23.2 Å². The number of hydrogen-bond acceptors (Lipinski definition) is 3. The van der Waals surface area contributed by atoms with E-state index in [9.17, 15) is 13.2 Å². The van der Waals surface area contributed by atoms with Gasteiger partial charge in [-0.25, -0.2) is 8.42 Å². The van der Waals surface area contributed by atoms with Crippen molar-refractivity contribution in [3.05, 3.63) is 75.5 Å². The molecule has 5 nitrogen and oxygen atoms in total. The summed E-state index contributed by atoms with van der Waals surface area (Å²) in [6, 6.07) is 13.2. The quantitative estimate of drug-likeness (QED) is 0.498. The van der Waals surface area contributed by atoms with Gasteiger partial charge in [0.2, 0.25) is 0 Å². The Balaban J connectivity index is 1.64. The number of hydrogen-bond donors (Lipinski definition) is 1. The Labute approximate surface area is 192 Å². The third-order valence-electron chi connectivity index (χ3n) is 5.45. The highest BCUT2D eigenvalue weighted by molar-refractivity contribution is 7.92. The minimum absolute atomic E-state index is 0.0297. The molecule has 0 unspecified atom stereocenters. The van der Waals surface area contributed by atoms with Crippen molar-refractivity contribution in [1.82, 2.24) is 4.57 Å². The first kappa shape index (κ1) is 21.9. The molecule has 1 aliphatic rings. The van der Waals surface area contributed by atoms with Crippen LogP contribution in [0.25, 0.3) is 5.69 Å². The number of Topliss-reactive ketones (excluding diaryl/α,β-unsaturated/α-hetero) is 1. The van der Waals surface area contributed by atoms with E-state index >= 15 is 0 Å². The normalized spacial score (nSPS) is 15.6. The Morgan fingerprint density at radius 1 is 0.968 bits per heavy atom. The molecule has 4 rings (SSSR count). The Morgan fingerprint density at radius 3 is 2.29 bits per heavy atom. The summed E-state index contributed by atoms with van der Waals surface area (Å²) in [5.41, 5.74) is 3.96. The van der Waals surface area contributed by atoms with Crippen LogP contribution in [-0.2, 0) is 16.4 Å². The molecule has 0 fully saturated rings. The lowest BCUT2D eigenvalue weighted by Gasteiger charge is -2.30. The highest BCUT2D eigenvalue weighted by Crippen LogP contribution is 2.37. The number of rotatable bonds is 4. The molecule has 3 aromatic rings. The number of sulfonamides is 1. The molecule has 1 aliphatic carbocycles. The van der Waals surface area contributed by atoms with E-state index in [0.29, 0.717) is 12.1 Å². The van der Waals surface area contributed by atoms with Crippen molar-refractivity contribution in [3.8, 4) is 5.69 Å². The van der Waals surface area contributed by atoms with Gasteiger partial charge in [-0.1, -0.05) is 37.0 Å². The molecule has 0 amide bonds.